The van der Waals surface area contributed by atoms with Gasteiger partial charge in [0.05, 0.1) is 11.6 Å². The second kappa shape index (κ2) is 8.85. The maximum atomic E-state index is 13.0. The molecule has 9 nitrogen and oxygen atoms in total. The van der Waals surface area contributed by atoms with Crippen LogP contribution in [0, 0.1) is 25.2 Å². The summed E-state index contributed by atoms with van der Waals surface area (Å²) in [6.07, 6.45) is -0.255. The highest BCUT2D eigenvalue weighted by atomic mass is 32.2. The van der Waals surface area contributed by atoms with Crippen LogP contribution in [0.4, 0.5) is 0 Å². The van der Waals surface area contributed by atoms with E-state index in [1.165, 1.54) is 4.31 Å². The fraction of sp³-hybridized carbons (Fsp3) is 0.450. The molecule has 1 saturated heterocycles. The summed E-state index contributed by atoms with van der Waals surface area (Å²) in [5, 5.41) is 12.7. The van der Waals surface area contributed by atoms with Crippen LogP contribution in [0.2, 0.25) is 0 Å². The second-order valence-corrected chi connectivity index (χ2v) is 9.01. The van der Waals surface area contributed by atoms with Gasteiger partial charge in [-0.3, -0.25) is 4.79 Å². The molecular weight excluding hydrogens is 408 g/mol. The van der Waals surface area contributed by atoms with Crippen molar-refractivity contribution in [3.05, 3.63) is 41.3 Å². The molecule has 1 aliphatic heterocycles. The highest BCUT2D eigenvalue weighted by Crippen LogP contribution is 2.24. The quantitative estimate of drug-likeness (QED) is 0.708. The van der Waals surface area contributed by atoms with Crippen molar-refractivity contribution in [2.75, 3.05) is 26.2 Å². The normalized spacial score (nSPS) is 16.5. The van der Waals surface area contributed by atoms with Crippen molar-refractivity contribution in [1.82, 2.24) is 14.4 Å². The van der Waals surface area contributed by atoms with Gasteiger partial charge in [0.15, 0.2) is 11.9 Å². The Balaban J connectivity index is 1.67. The molecule has 1 fully saturated rings. The lowest BCUT2D eigenvalue weighted by atomic mass is 10.2. The summed E-state index contributed by atoms with van der Waals surface area (Å²) in [6.45, 7) is 5.97. The molecule has 1 aromatic heterocycles. The molecule has 0 spiro atoms. The van der Waals surface area contributed by atoms with Gasteiger partial charge in [0.25, 0.3) is 5.91 Å². The number of carbonyl (C=O) groups excluding carboxylic acids is 1. The molecule has 0 N–H and O–H groups in total. The van der Waals surface area contributed by atoms with Gasteiger partial charge in [-0.1, -0.05) is 11.2 Å². The van der Waals surface area contributed by atoms with Gasteiger partial charge in [-0.25, -0.2) is 8.42 Å². The van der Waals surface area contributed by atoms with Crippen LogP contribution in [0.25, 0.3) is 0 Å². The van der Waals surface area contributed by atoms with Crippen LogP contribution in [0.5, 0.6) is 5.75 Å². The molecule has 1 aliphatic rings. The first-order valence-electron chi connectivity index (χ1n) is 9.62. The SMILES string of the molecule is Cc1noc(C)c1S(=O)(=O)N1CCCN(C(=O)C(C)Oc2cccc(C#N)c2)CC1. The van der Waals surface area contributed by atoms with E-state index in [0.29, 0.717) is 36.5 Å². The van der Waals surface area contributed by atoms with Crippen molar-refractivity contribution in [2.45, 2.75) is 38.2 Å². The lowest BCUT2D eigenvalue weighted by Gasteiger charge is -2.25. The molecule has 0 aliphatic carbocycles. The Bertz CT molecular complexity index is 1050. The van der Waals surface area contributed by atoms with Crippen LogP contribution in [-0.2, 0) is 14.8 Å². The Morgan fingerprint density at radius 2 is 2.03 bits per heavy atom. The number of sulfonamides is 1. The largest absolute Gasteiger partial charge is 0.481 e. The summed E-state index contributed by atoms with van der Waals surface area (Å²) in [6, 6.07) is 8.63. The van der Waals surface area contributed by atoms with E-state index in [1.54, 1.807) is 49.9 Å². The van der Waals surface area contributed by atoms with E-state index in [0.717, 1.165) is 0 Å². The predicted octanol–water partition coefficient (Wildman–Crippen LogP) is 1.85. The summed E-state index contributed by atoms with van der Waals surface area (Å²) >= 11 is 0. The van der Waals surface area contributed by atoms with Crippen molar-refractivity contribution in [2.24, 2.45) is 0 Å². The summed E-state index contributed by atoms with van der Waals surface area (Å²) in [4.78, 5) is 14.6. The molecule has 3 rings (SSSR count). The third kappa shape index (κ3) is 4.47. The number of rotatable bonds is 5. The Morgan fingerprint density at radius 1 is 1.27 bits per heavy atom. The van der Waals surface area contributed by atoms with E-state index >= 15 is 0 Å². The number of hydrogen-bond acceptors (Lipinski definition) is 7. The number of ether oxygens (including phenoxy) is 1. The van der Waals surface area contributed by atoms with Gasteiger partial charge in [-0.05, 0) is 45.4 Å². The summed E-state index contributed by atoms with van der Waals surface area (Å²) in [5.41, 5.74) is 0.772. The third-order valence-electron chi connectivity index (χ3n) is 4.96. The minimum atomic E-state index is -3.75. The molecule has 30 heavy (non-hydrogen) atoms. The standard InChI is InChI=1S/C20H24N4O5S/c1-14-19(15(2)29-22-14)30(26,27)24-9-5-8-23(10-11-24)20(25)16(3)28-18-7-4-6-17(12-18)13-21/h4,6-7,12,16H,5,8-11H2,1-3H3. The van der Waals surface area contributed by atoms with Crippen LogP contribution in [0.1, 0.15) is 30.4 Å². The van der Waals surface area contributed by atoms with Crippen LogP contribution in [0.15, 0.2) is 33.7 Å². The molecule has 10 heteroatoms. The topological polar surface area (TPSA) is 117 Å². The van der Waals surface area contributed by atoms with Gasteiger partial charge in [-0.15, -0.1) is 0 Å². The Hall–Kier alpha value is -2.90. The first kappa shape index (κ1) is 21.8. The van der Waals surface area contributed by atoms with E-state index in [9.17, 15) is 13.2 Å². The number of aryl methyl sites for hydroxylation is 2. The maximum Gasteiger partial charge on any atom is 0.263 e. The lowest BCUT2D eigenvalue weighted by molar-refractivity contribution is -0.137. The average Bonchev–Trinajstić information content (AvgIpc) is 2.92. The predicted molar refractivity (Wildman–Crippen MR) is 107 cm³/mol. The molecule has 0 radical (unpaired) electrons. The first-order valence-corrected chi connectivity index (χ1v) is 11.1. The molecule has 1 unspecified atom stereocenters. The van der Waals surface area contributed by atoms with E-state index < -0.39 is 16.1 Å². The minimum absolute atomic E-state index is 0.0938. The van der Waals surface area contributed by atoms with Crippen molar-refractivity contribution >= 4 is 15.9 Å². The van der Waals surface area contributed by atoms with Crippen molar-refractivity contribution in [3.8, 4) is 11.8 Å². The number of carbonyl (C=O) groups is 1. The van der Waals surface area contributed by atoms with Gasteiger partial charge in [0, 0.05) is 26.2 Å². The summed E-state index contributed by atoms with van der Waals surface area (Å²) in [5.74, 6) is 0.465. The van der Waals surface area contributed by atoms with E-state index in [-0.39, 0.29) is 29.7 Å². The van der Waals surface area contributed by atoms with Crippen molar-refractivity contribution in [3.63, 3.8) is 0 Å². The molecule has 0 bridgehead atoms. The average molecular weight is 433 g/mol. The highest BCUT2D eigenvalue weighted by Gasteiger charge is 2.33. The molecule has 1 atom stereocenters. The number of benzene rings is 1. The second-order valence-electron chi connectivity index (χ2n) is 7.14. The summed E-state index contributed by atoms with van der Waals surface area (Å²) in [7, 11) is -3.75. The van der Waals surface area contributed by atoms with E-state index in [1.807, 2.05) is 6.07 Å². The smallest absolute Gasteiger partial charge is 0.263 e. The molecule has 2 aromatic rings. The van der Waals surface area contributed by atoms with Crippen molar-refractivity contribution in [1.29, 1.82) is 5.26 Å². The van der Waals surface area contributed by atoms with Gasteiger partial charge in [0.2, 0.25) is 10.0 Å². The Kier molecular flexibility index (Phi) is 6.43. The molecular formula is C20H24N4O5S. The van der Waals surface area contributed by atoms with Gasteiger partial charge in [-0.2, -0.15) is 9.57 Å². The lowest BCUT2D eigenvalue weighted by Crippen LogP contribution is -2.43. The number of nitriles is 1. The Morgan fingerprint density at radius 3 is 2.70 bits per heavy atom. The Labute approximate surface area is 175 Å². The molecule has 160 valence electrons. The zero-order valence-corrected chi connectivity index (χ0v) is 18.0. The van der Waals surface area contributed by atoms with Gasteiger partial charge >= 0.3 is 0 Å². The van der Waals surface area contributed by atoms with Crippen molar-refractivity contribution < 1.29 is 22.5 Å². The third-order valence-corrected chi connectivity index (χ3v) is 7.10. The zero-order valence-electron chi connectivity index (χ0n) is 17.2. The molecule has 1 amide bonds. The maximum absolute atomic E-state index is 13.0. The monoisotopic (exact) mass is 432 g/mol. The fourth-order valence-electron chi connectivity index (χ4n) is 3.48. The fourth-order valence-corrected chi connectivity index (χ4v) is 5.24. The van der Waals surface area contributed by atoms with Gasteiger partial charge in [0.1, 0.15) is 16.3 Å². The number of aromatic nitrogens is 1. The van der Waals surface area contributed by atoms with Gasteiger partial charge < -0.3 is 14.2 Å². The van der Waals surface area contributed by atoms with Crippen LogP contribution >= 0.6 is 0 Å². The highest BCUT2D eigenvalue weighted by molar-refractivity contribution is 7.89. The minimum Gasteiger partial charge on any atom is -0.481 e. The van der Waals surface area contributed by atoms with Crippen LogP contribution in [0.3, 0.4) is 0 Å². The number of amides is 1. The molecule has 0 saturated carbocycles. The number of hydrogen-bond donors (Lipinski definition) is 0. The van der Waals surface area contributed by atoms with Crippen LogP contribution < -0.4 is 4.74 Å². The zero-order chi connectivity index (χ0) is 21.9. The van der Waals surface area contributed by atoms with E-state index in [4.69, 9.17) is 14.5 Å². The summed E-state index contributed by atoms with van der Waals surface area (Å²) < 4.78 is 38.1. The molecule has 1 aromatic carbocycles. The van der Waals surface area contributed by atoms with Crippen LogP contribution in [-0.4, -0.2) is 61.0 Å². The first-order chi connectivity index (χ1) is 14.2. The molecule has 2 heterocycles. The number of nitrogens with zero attached hydrogens (tertiary/aromatic N) is 4. The van der Waals surface area contributed by atoms with E-state index in [2.05, 4.69) is 5.16 Å².